The van der Waals surface area contributed by atoms with Crippen LogP contribution in [0.5, 0.6) is 0 Å². The molecule has 0 bridgehead atoms. The second-order valence-electron chi connectivity index (χ2n) is 5.87. The van der Waals surface area contributed by atoms with E-state index in [4.69, 9.17) is 0 Å². The lowest BCUT2D eigenvalue weighted by Gasteiger charge is -2.08. The monoisotopic (exact) mass is 291 g/mol. The van der Waals surface area contributed by atoms with E-state index in [1.165, 1.54) is 37.7 Å². The highest BCUT2D eigenvalue weighted by atomic mass is 16.6. The lowest BCUT2D eigenvalue weighted by atomic mass is 10.0. The summed E-state index contributed by atoms with van der Waals surface area (Å²) in [5.41, 5.74) is 1.42. The zero-order valence-corrected chi connectivity index (χ0v) is 13.3. The lowest BCUT2D eigenvalue weighted by molar-refractivity contribution is -0.524. The molecule has 1 aromatic carbocycles. The van der Waals surface area contributed by atoms with Gasteiger partial charge in [0.1, 0.15) is 0 Å². The number of benzene rings is 1. The predicted molar refractivity (Wildman–Crippen MR) is 88.2 cm³/mol. The first-order valence-corrected chi connectivity index (χ1v) is 8.41. The van der Waals surface area contributed by atoms with Gasteiger partial charge in [-0.2, -0.15) is 0 Å². The Balaban J connectivity index is 1.96. The van der Waals surface area contributed by atoms with Crippen molar-refractivity contribution in [2.45, 2.75) is 77.2 Å². The number of rotatable bonds is 12. The van der Waals surface area contributed by atoms with Crippen LogP contribution in [-0.4, -0.2) is 11.0 Å². The first kappa shape index (κ1) is 17.7. The third kappa shape index (κ3) is 8.49. The van der Waals surface area contributed by atoms with Crippen LogP contribution in [0.1, 0.15) is 70.3 Å². The summed E-state index contributed by atoms with van der Waals surface area (Å²) < 4.78 is 0. The van der Waals surface area contributed by atoms with E-state index in [0.29, 0.717) is 0 Å². The van der Waals surface area contributed by atoms with Crippen LogP contribution in [0.15, 0.2) is 30.3 Å². The van der Waals surface area contributed by atoms with Crippen LogP contribution in [-0.2, 0) is 6.42 Å². The maximum absolute atomic E-state index is 10.8. The predicted octanol–water partition coefficient (Wildman–Crippen LogP) is 5.41. The minimum atomic E-state index is -0.312. The Labute approximate surface area is 128 Å². The molecule has 0 aliphatic carbocycles. The van der Waals surface area contributed by atoms with E-state index in [0.717, 1.165) is 32.1 Å². The molecule has 0 fully saturated rings. The Morgan fingerprint density at radius 1 is 0.952 bits per heavy atom. The minimum Gasteiger partial charge on any atom is -0.264 e. The van der Waals surface area contributed by atoms with Crippen molar-refractivity contribution in [3.05, 3.63) is 46.0 Å². The highest BCUT2D eigenvalue weighted by Gasteiger charge is 2.17. The van der Waals surface area contributed by atoms with Gasteiger partial charge in [-0.15, -0.1) is 0 Å². The summed E-state index contributed by atoms with van der Waals surface area (Å²) in [6.07, 6.45) is 10.7. The average molecular weight is 291 g/mol. The normalized spacial score (nSPS) is 12.2. The van der Waals surface area contributed by atoms with Crippen molar-refractivity contribution in [3.63, 3.8) is 0 Å². The summed E-state index contributed by atoms with van der Waals surface area (Å²) in [6, 6.07) is 10.3. The molecule has 0 aliphatic rings. The molecule has 1 rings (SSSR count). The highest BCUT2D eigenvalue weighted by Crippen LogP contribution is 2.14. The van der Waals surface area contributed by atoms with E-state index < -0.39 is 0 Å². The summed E-state index contributed by atoms with van der Waals surface area (Å²) in [4.78, 5) is 10.7. The zero-order chi connectivity index (χ0) is 15.3. The molecule has 1 atom stereocenters. The van der Waals surface area contributed by atoms with Gasteiger partial charge in [0.25, 0.3) is 0 Å². The standard InChI is InChI=1S/C18H29NO2/c1-2-12-18(19(20)21)16-11-6-4-3-5-8-13-17-14-9-7-10-15-17/h7,9-10,14-15,18H,2-6,8,11-13,16H2,1H3. The number of hydrogen-bond donors (Lipinski definition) is 0. The van der Waals surface area contributed by atoms with E-state index in [1.807, 2.05) is 6.92 Å². The molecular weight excluding hydrogens is 262 g/mol. The molecule has 0 N–H and O–H groups in total. The van der Waals surface area contributed by atoms with Crippen LogP contribution in [0.2, 0.25) is 0 Å². The molecular formula is C18H29NO2. The van der Waals surface area contributed by atoms with E-state index in [9.17, 15) is 10.1 Å². The molecule has 0 spiro atoms. The van der Waals surface area contributed by atoms with Crippen LogP contribution in [0.3, 0.4) is 0 Å². The van der Waals surface area contributed by atoms with Crippen molar-refractivity contribution in [2.75, 3.05) is 0 Å². The van der Waals surface area contributed by atoms with Crippen molar-refractivity contribution in [3.8, 4) is 0 Å². The molecule has 1 unspecified atom stereocenters. The Kier molecular flexibility index (Phi) is 9.51. The third-order valence-corrected chi connectivity index (χ3v) is 4.02. The molecule has 0 saturated heterocycles. The van der Waals surface area contributed by atoms with Gasteiger partial charge in [0.15, 0.2) is 0 Å². The van der Waals surface area contributed by atoms with Gasteiger partial charge in [0.05, 0.1) is 0 Å². The van der Waals surface area contributed by atoms with Crippen LogP contribution < -0.4 is 0 Å². The number of aryl methyl sites for hydroxylation is 1. The van der Waals surface area contributed by atoms with Crippen molar-refractivity contribution in [2.24, 2.45) is 0 Å². The fourth-order valence-corrected chi connectivity index (χ4v) is 2.75. The maximum Gasteiger partial charge on any atom is 0.213 e. The van der Waals surface area contributed by atoms with E-state index >= 15 is 0 Å². The highest BCUT2D eigenvalue weighted by molar-refractivity contribution is 5.14. The van der Waals surface area contributed by atoms with E-state index in [2.05, 4.69) is 30.3 Å². The summed E-state index contributed by atoms with van der Waals surface area (Å²) >= 11 is 0. The van der Waals surface area contributed by atoms with Gasteiger partial charge < -0.3 is 0 Å². The molecule has 1 aromatic rings. The average Bonchev–Trinajstić information content (AvgIpc) is 2.49. The molecule has 0 aliphatic heterocycles. The van der Waals surface area contributed by atoms with Gasteiger partial charge in [-0.1, -0.05) is 62.9 Å². The SMILES string of the molecule is CCCC(CCCCCCCCc1ccccc1)[N+](=O)[O-]. The van der Waals surface area contributed by atoms with Gasteiger partial charge in [-0.3, -0.25) is 10.1 Å². The summed E-state index contributed by atoms with van der Waals surface area (Å²) in [7, 11) is 0. The van der Waals surface area contributed by atoms with Crippen molar-refractivity contribution in [1.29, 1.82) is 0 Å². The summed E-state index contributed by atoms with van der Waals surface area (Å²) in [5, 5.41) is 10.8. The van der Waals surface area contributed by atoms with Gasteiger partial charge in [-0.05, 0) is 31.2 Å². The van der Waals surface area contributed by atoms with Gasteiger partial charge in [0, 0.05) is 17.8 Å². The van der Waals surface area contributed by atoms with Crippen LogP contribution in [0.25, 0.3) is 0 Å². The van der Waals surface area contributed by atoms with Gasteiger partial charge >= 0.3 is 0 Å². The van der Waals surface area contributed by atoms with Crippen LogP contribution in [0.4, 0.5) is 0 Å². The fraction of sp³-hybridized carbons (Fsp3) is 0.667. The van der Waals surface area contributed by atoms with Crippen molar-refractivity contribution >= 4 is 0 Å². The minimum absolute atomic E-state index is 0.0939. The summed E-state index contributed by atoms with van der Waals surface area (Å²) in [5.74, 6) is 0. The van der Waals surface area contributed by atoms with E-state index in [-0.39, 0.29) is 11.0 Å². The maximum atomic E-state index is 10.8. The Hall–Kier alpha value is -1.38. The molecule has 0 saturated carbocycles. The number of nitrogens with zero attached hydrogens (tertiary/aromatic N) is 1. The molecule has 3 nitrogen and oxygen atoms in total. The van der Waals surface area contributed by atoms with Crippen molar-refractivity contribution < 1.29 is 4.92 Å². The quantitative estimate of drug-likeness (QED) is 0.294. The number of nitro groups is 1. The first-order chi connectivity index (χ1) is 10.2. The number of hydrogen-bond acceptors (Lipinski definition) is 2. The molecule has 118 valence electrons. The van der Waals surface area contributed by atoms with E-state index in [1.54, 1.807) is 0 Å². The molecule has 0 amide bonds. The molecule has 0 aromatic heterocycles. The molecule has 0 radical (unpaired) electrons. The third-order valence-electron chi connectivity index (χ3n) is 4.02. The fourth-order valence-electron chi connectivity index (χ4n) is 2.75. The van der Waals surface area contributed by atoms with Crippen molar-refractivity contribution in [1.82, 2.24) is 0 Å². The largest absolute Gasteiger partial charge is 0.264 e. The van der Waals surface area contributed by atoms with Gasteiger partial charge in [0.2, 0.25) is 6.04 Å². The molecule has 21 heavy (non-hydrogen) atoms. The molecule has 3 heteroatoms. The second-order valence-corrected chi connectivity index (χ2v) is 5.87. The topological polar surface area (TPSA) is 43.1 Å². The van der Waals surface area contributed by atoms with Crippen LogP contribution in [0, 0.1) is 10.1 Å². The first-order valence-electron chi connectivity index (χ1n) is 8.41. The van der Waals surface area contributed by atoms with Crippen LogP contribution >= 0.6 is 0 Å². The number of unbranched alkanes of at least 4 members (excludes halogenated alkanes) is 5. The molecule has 0 heterocycles. The Morgan fingerprint density at radius 2 is 1.57 bits per heavy atom. The Bertz CT molecular complexity index is 378. The van der Waals surface area contributed by atoms with Gasteiger partial charge in [-0.25, -0.2) is 0 Å². The second kappa shape index (κ2) is 11.3. The zero-order valence-electron chi connectivity index (χ0n) is 13.3. The Morgan fingerprint density at radius 3 is 2.19 bits per heavy atom. The lowest BCUT2D eigenvalue weighted by Crippen LogP contribution is -2.18. The smallest absolute Gasteiger partial charge is 0.213 e. The summed E-state index contributed by atoms with van der Waals surface area (Å²) in [6.45, 7) is 2.02.